The molecule has 0 aromatic heterocycles. The highest BCUT2D eigenvalue weighted by molar-refractivity contribution is 7.85. The van der Waals surface area contributed by atoms with Crippen LogP contribution in [0.25, 0.3) is 0 Å². The Bertz CT molecular complexity index is 1050. The Morgan fingerprint density at radius 1 is 1.03 bits per heavy atom. The number of carbonyl (C=O) groups is 2. The molecule has 2 aromatic rings. The number of hydrogen-bond donors (Lipinski definition) is 1. The lowest BCUT2D eigenvalue weighted by molar-refractivity contribution is -0.137. The Hall–Kier alpha value is -2.71. The van der Waals surface area contributed by atoms with Crippen LogP contribution < -0.4 is 4.74 Å². The van der Waals surface area contributed by atoms with Crippen LogP contribution in [0.2, 0.25) is 0 Å². The summed E-state index contributed by atoms with van der Waals surface area (Å²) in [6.07, 6.45) is 0. The van der Waals surface area contributed by atoms with E-state index in [1.54, 1.807) is 39.8 Å². The molecule has 7 nitrogen and oxygen atoms in total. The van der Waals surface area contributed by atoms with Gasteiger partial charge in [-0.15, -0.1) is 0 Å². The fourth-order valence-corrected chi connectivity index (χ4v) is 3.69. The van der Waals surface area contributed by atoms with Crippen LogP contribution in [-0.2, 0) is 19.6 Å². The van der Waals surface area contributed by atoms with E-state index >= 15 is 0 Å². The van der Waals surface area contributed by atoms with E-state index < -0.39 is 28.7 Å². The summed E-state index contributed by atoms with van der Waals surface area (Å²) in [5, 5.41) is 0. The van der Waals surface area contributed by atoms with Crippen LogP contribution in [0.4, 0.5) is 0 Å². The molecule has 0 amide bonds. The summed E-state index contributed by atoms with van der Waals surface area (Å²) in [6.45, 7) is 8.05. The quantitative estimate of drug-likeness (QED) is 0.431. The van der Waals surface area contributed by atoms with Crippen LogP contribution >= 0.6 is 0 Å². The molecule has 156 valence electrons. The van der Waals surface area contributed by atoms with Crippen LogP contribution in [0.5, 0.6) is 5.75 Å². The smallest absolute Gasteiger partial charge is 0.349 e. The summed E-state index contributed by atoms with van der Waals surface area (Å²) >= 11 is 0. The number of rotatable bonds is 6. The van der Waals surface area contributed by atoms with Crippen LogP contribution in [0.1, 0.15) is 52.4 Å². The first kappa shape index (κ1) is 22.6. The third kappa shape index (κ3) is 5.65. The van der Waals surface area contributed by atoms with Gasteiger partial charge in [-0.3, -0.25) is 4.55 Å². The van der Waals surface area contributed by atoms with E-state index in [9.17, 15) is 22.6 Å². The summed E-state index contributed by atoms with van der Waals surface area (Å²) in [4.78, 5) is 24.1. The van der Waals surface area contributed by atoms with Crippen molar-refractivity contribution in [1.82, 2.24) is 0 Å². The largest absolute Gasteiger partial charge is 0.450 e. The fraction of sp³-hybridized carbons (Fsp3) is 0.333. The first-order chi connectivity index (χ1) is 13.4. The molecule has 0 bridgehead atoms. The molecule has 0 atom stereocenters. The van der Waals surface area contributed by atoms with Gasteiger partial charge in [0.05, 0.1) is 10.5 Å². The second kappa shape index (κ2) is 8.75. The number of esters is 2. The van der Waals surface area contributed by atoms with Gasteiger partial charge in [0.2, 0.25) is 0 Å². The Morgan fingerprint density at radius 2 is 1.69 bits per heavy atom. The van der Waals surface area contributed by atoms with Gasteiger partial charge in [-0.25, -0.2) is 9.59 Å². The van der Waals surface area contributed by atoms with E-state index in [1.807, 2.05) is 13.0 Å². The molecule has 0 fully saturated rings. The predicted molar refractivity (Wildman–Crippen MR) is 107 cm³/mol. The Balaban J connectivity index is 2.15. The summed E-state index contributed by atoms with van der Waals surface area (Å²) in [5.41, 5.74) is 2.64. The van der Waals surface area contributed by atoms with Crippen molar-refractivity contribution in [2.45, 2.75) is 45.4 Å². The molecule has 0 saturated carbocycles. The second-order valence-electron chi connectivity index (χ2n) is 7.15. The minimum atomic E-state index is -4.42. The minimum Gasteiger partial charge on any atom is -0.450 e. The molecule has 0 spiro atoms. The van der Waals surface area contributed by atoms with E-state index in [1.165, 1.54) is 12.1 Å². The average molecular weight is 420 g/mol. The molecular formula is C21H24O7S. The van der Waals surface area contributed by atoms with Gasteiger partial charge in [0.1, 0.15) is 5.75 Å². The summed E-state index contributed by atoms with van der Waals surface area (Å²) in [7, 11) is -4.42. The van der Waals surface area contributed by atoms with Gasteiger partial charge in [-0.05, 0) is 61.6 Å². The number of carbonyl (C=O) groups excluding carboxylic acids is 2. The van der Waals surface area contributed by atoms with Gasteiger partial charge in [0.15, 0.2) is 6.61 Å². The summed E-state index contributed by atoms with van der Waals surface area (Å²) < 4.78 is 42.9. The van der Waals surface area contributed by atoms with Gasteiger partial charge < -0.3 is 9.47 Å². The molecule has 29 heavy (non-hydrogen) atoms. The van der Waals surface area contributed by atoms with Crippen molar-refractivity contribution in [1.29, 1.82) is 0 Å². The number of ether oxygens (including phenoxy) is 2. The normalized spacial score (nSPS) is 11.4. The fourth-order valence-electron chi connectivity index (χ4n) is 2.77. The molecule has 0 heterocycles. The van der Waals surface area contributed by atoms with Crippen molar-refractivity contribution in [2.24, 2.45) is 0 Å². The monoisotopic (exact) mass is 420 g/mol. The first-order valence-corrected chi connectivity index (χ1v) is 10.4. The lowest BCUT2D eigenvalue weighted by Crippen LogP contribution is -2.20. The van der Waals surface area contributed by atoms with E-state index in [0.717, 1.165) is 11.1 Å². The predicted octanol–water partition coefficient (Wildman–Crippen LogP) is 3.74. The zero-order valence-electron chi connectivity index (χ0n) is 17.0. The SMILES string of the molecule is Cc1ccc(C)c(C(=O)OCC(=O)Oc2cc(C(C)C)c(S(=O)(=O)O)cc2C)c1. The zero-order valence-corrected chi connectivity index (χ0v) is 17.8. The molecule has 0 saturated heterocycles. The molecule has 0 aliphatic heterocycles. The first-order valence-electron chi connectivity index (χ1n) is 8.97. The van der Waals surface area contributed by atoms with Crippen molar-refractivity contribution in [2.75, 3.05) is 6.61 Å². The molecule has 0 aliphatic rings. The van der Waals surface area contributed by atoms with Gasteiger partial charge in [-0.1, -0.05) is 31.5 Å². The van der Waals surface area contributed by atoms with E-state index in [4.69, 9.17) is 9.47 Å². The number of hydrogen-bond acceptors (Lipinski definition) is 6. The second-order valence-corrected chi connectivity index (χ2v) is 8.54. The lowest BCUT2D eigenvalue weighted by Gasteiger charge is -2.15. The standard InChI is InChI=1S/C21H24O7S/c1-12(2)16-10-18(15(5)9-19(16)29(24,25)26)28-20(22)11-27-21(23)17-8-13(3)6-7-14(17)4/h6-10,12H,11H2,1-5H3,(H,24,25,26). The molecule has 2 aromatic carbocycles. The molecule has 8 heteroatoms. The molecule has 1 N–H and O–H groups in total. The third-order valence-corrected chi connectivity index (χ3v) is 5.27. The molecule has 0 radical (unpaired) electrons. The Kier molecular flexibility index (Phi) is 6.81. The minimum absolute atomic E-state index is 0.133. The topological polar surface area (TPSA) is 107 Å². The van der Waals surface area contributed by atoms with Crippen molar-refractivity contribution in [3.8, 4) is 5.75 Å². The van der Waals surface area contributed by atoms with Crippen molar-refractivity contribution >= 4 is 22.1 Å². The maximum absolute atomic E-state index is 12.2. The van der Waals surface area contributed by atoms with Gasteiger partial charge >= 0.3 is 11.9 Å². The maximum atomic E-state index is 12.2. The molecule has 0 unspecified atom stereocenters. The van der Waals surface area contributed by atoms with E-state index in [-0.39, 0.29) is 16.6 Å². The molecule has 2 rings (SSSR count). The zero-order chi connectivity index (χ0) is 21.9. The Morgan fingerprint density at radius 3 is 2.28 bits per heavy atom. The van der Waals surface area contributed by atoms with Gasteiger partial charge in [0, 0.05) is 0 Å². The van der Waals surface area contributed by atoms with Crippen LogP contribution in [0, 0.1) is 20.8 Å². The van der Waals surface area contributed by atoms with Crippen molar-refractivity contribution in [3.63, 3.8) is 0 Å². The Labute approximate surface area is 170 Å². The average Bonchev–Trinajstić information content (AvgIpc) is 2.62. The van der Waals surface area contributed by atoms with E-state index in [0.29, 0.717) is 16.7 Å². The van der Waals surface area contributed by atoms with Crippen molar-refractivity contribution in [3.05, 3.63) is 58.1 Å². The number of benzene rings is 2. The molecule has 0 aliphatic carbocycles. The van der Waals surface area contributed by atoms with Crippen molar-refractivity contribution < 1.29 is 32.0 Å². The van der Waals surface area contributed by atoms with Crippen LogP contribution in [-0.4, -0.2) is 31.5 Å². The maximum Gasteiger partial charge on any atom is 0.349 e. The highest BCUT2D eigenvalue weighted by Crippen LogP contribution is 2.31. The number of aryl methyl sites for hydroxylation is 3. The molecular weight excluding hydrogens is 396 g/mol. The summed E-state index contributed by atoms with van der Waals surface area (Å²) in [5.74, 6) is -1.55. The highest BCUT2D eigenvalue weighted by atomic mass is 32.2. The van der Waals surface area contributed by atoms with Crippen LogP contribution in [0.3, 0.4) is 0 Å². The van der Waals surface area contributed by atoms with Gasteiger partial charge in [0.25, 0.3) is 10.1 Å². The lowest BCUT2D eigenvalue weighted by atomic mass is 10.0. The highest BCUT2D eigenvalue weighted by Gasteiger charge is 2.22. The van der Waals surface area contributed by atoms with Crippen LogP contribution in [0.15, 0.2) is 35.2 Å². The van der Waals surface area contributed by atoms with E-state index in [2.05, 4.69) is 0 Å². The summed E-state index contributed by atoms with van der Waals surface area (Å²) in [6, 6.07) is 7.97. The van der Waals surface area contributed by atoms with Gasteiger partial charge in [-0.2, -0.15) is 8.42 Å². The third-order valence-electron chi connectivity index (χ3n) is 4.37.